The van der Waals surface area contributed by atoms with E-state index in [1.807, 2.05) is 0 Å². The Bertz CT molecular complexity index is 299. The van der Waals surface area contributed by atoms with Crippen molar-refractivity contribution in [3.05, 3.63) is 12.7 Å². The van der Waals surface area contributed by atoms with E-state index in [1.54, 1.807) is 0 Å². The van der Waals surface area contributed by atoms with Crippen molar-refractivity contribution in [3.63, 3.8) is 0 Å². The number of hydrogen-bond donors (Lipinski definition) is 0. The maximum atomic E-state index is 10.8. The first kappa shape index (κ1) is 24.9. The third kappa shape index (κ3) is 20.9. The van der Waals surface area contributed by atoms with Crippen molar-refractivity contribution >= 4 is 60.7 Å². The molecule has 140 valence electrons. The van der Waals surface area contributed by atoms with Gasteiger partial charge in [0, 0.05) is 6.08 Å². The first-order valence-electron chi connectivity index (χ1n) is 9.47. The van der Waals surface area contributed by atoms with Crippen LogP contribution in [0.15, 0.2) is 12.7 Å². The van der Waals surface area contributed by atoms with Crippen LogP contribution in [-0.2, 0) is 9.53 Å². The zero-order valence-corrected chi connectivity index (χ0v) is 20.4. The van der Waals surface area contributed by atoms with Crippen LogP contribution in [0.3, 0.4) is 0 Å². The molecule has 24 heavy (non-hydrogen) atoms. The Kier molecular flexibility index (Phi) is 20.9. The molecule has 2 nitrogen and oxygen atoms in total. The molecule has 0 N–H and O–H groups in total. The third-order valence-corrected chi connectivity index (χ3v) is 7.62. The van der Waals surface area contributed by atoms with Gasteiger partial charge in [0.15, 0.2) is 0 Å². The molecule has 0 bridgehead atoms. The zero-order chi connectivity index (χ0) is 17.9. The summed E-state index contributed by atoms with van der Waals surface area (Å²) >= 11 is 5.05. The quantitative estimate of drug-likeness (QED) is 0.0436. The number of hydrogen-bond acceptors (Lipinski definition) is 2. The minimum absolute atomic E-state index is 0.301. The number of carbonyl (C=O) groups excluding carboxylic acids is 1. The lowest BCUT2D eigenvalue weighted by molar-refractivity contribution is -0.137. The molecule has 0 aliphatic rings. The molecule has 0 spiro atoms. The van der Waals surface area contributed by atoms with Crippen molar-refractivity contribution < 1.29 is 9.53 Å². The molecule has 0 saturated carbocycles. The fraction of sp³-hybridized carbons (Fsp3) is 0.842. The van der Waals surface area contributed by atoms with Gasteiger partial charge in [-0.3, -0.25) is 0 Å². The van der Waals surface area contributed by atoms with Crippen LogP contribution in [0.1, 0.15) is 83.5 Å². The monoisotopic (exact) mass is 576 g/mol. The Morgan fingerprint density at radius 3 is 1.67 bits per heavy atom. The van der Waals surface area contributed by atoms with Gasteiger partial charge in [0.1, 0.15) is 0 Å². The van der Waals surface area contributed by atoms with E-state index in [1.165, 1.54) is 89.2 Å². The molecule has 5 heteroatoms. The van der Waals surface area contributed by atoms with Crippen molar-refractivity contribution in [1.82, 2.24) is 0 Å². The van der Waals surface area contributed by atoms with E-state index >= 15 is 0 Å². The SMILES string of the molecule is C=CC(=O)OCCCCCCCCCCCCCCC[Si]C(I)I. The Hall–Kier alpha value is 0.887. The molecule has 0 heterocycles. The zero-order valence-electron chi connectivity index (χ0n) is 15.0. The number of unbranched alkanes of at least 4 members (excludes halogenated alkanes) is 12. The summed E-state index contributed by atoms with van der Waals surface area (Å²) in [5.74, 6) is -0.301. The Morgan fingerprint density at radius 1 is 0.833 bits per heavy atom. The largest absolute Gasteiger partial charge is 0.463 e. The van der Waals surface area contributed by atoms with Crippen molar-refractivity contribution in [2.75, 3.05) is 6.61 Å². The van der Waals surface area contributed by atoms with Crippen molar-refractivity contribution in [2.24, 2.45) is 0 Å². The van der Waals surface area contributed by atoms with E-state index in [2.05, 4.69) is 51.8 Å². The second kappa shape index (κ2) is 20.2. The number of rotatable bonds is 18. The maximum Gasteiger partial charge on any atom is 0.330 e. The van der Waals surface area contributed by atoms with Crippen LogP contribution in [0.2, 0.25) is 6.04 Å². The van der Waals surface area contributed by atoms with E-state index in [4.69, 9.17) is 4.74 Å². The molecule has 0 fully saturated rings. The molecule has 0 aliphatic carbocycles. The van der Waals surface area contributed by atoms with Gasteiger partial charge in [-0.15, -0.1) is 0 Å². The van der Waals surface area contributed by atoms with Gasteiger partial charge in [0.2, 0.25) is 0 Å². The standard InChI is InChI=1S/C19H34I2O2Si/c1-2-18(22)23-16-14-12-10-8-6-4-3-5-7-9-11-13-15-17-24-19(20)21/h2,19H,1,3-17H2. The summed E-state index contributed by atoms with van der Waals surface area (Å²) < 4.78 is 5.80. The summed E-state index contributed by atoms with van der Waals surface area (Å²) in [6.45, 7) is 3.93. The fourth-order valence-corrected chi connectivity index (χ4v) is 5.16. The molecule has 0 aliphatic heterocycles. The van der Waals surface area contributed by atoms with Crippen molar-refractivity contribution in [2.45, 2.75) is 91.1 Å². The van der Waals surface area contributed by atoms with Crippen LogP contribution in [0.5, 0.6) is 0 Å². The molecule has 0 aromatic rings. The lowest BCUT2D eigenvalue weighted by Gasteiger charge is -2.04. The van der Waals surface area contributed by atoms with Gasteiger partial charge in [-0.05, 0) is 6.42 Å². The van der Waals surface area contributed by atoms with Crippen molar-refractivity contribution in [1.29, 1.82) is 0 Å². The first-order chi connectivity index (χ1) is 11.7. The van der Waals surface area contributed by atoms with Crippen LogP contribution in [0.4, 0.5) is 0 Å². The highest BCUT2D eigenvalue weighted by Gasteiger charge is 1.99. The predicted molar refractivity (Wildman–Crippen MR) is 124 cm³/mol. The van der Waals surface area contributed by atoms with Gasteiger partial charge in [-0.2, -0.15) is 0 Å². The van der Waals surface area contributed by atoms with Crippen LogP contribution in [-0.4, -0.2) is 23.7 Å². The molecule has 0 aromatic carbocycles. The van der Waals surface area contributed by atoms with Crippen LogP contribution >= 0.6 is 45.2 Å². The molecule has 2 radical (unpaired) electrons. The lowest BCUT2D eigenvalue weighted by Crippen LogP contribution is -2.01. The Morgan fingerprint density at radius 2 is 1.25 bits per heavy atom. The first-order valence-corrected chi connectivity index (χ1v) is 13.2. The number of esters is 1. The van der Waals surface area contributed by atoms with E-state index in [9.17, 15) is 4.79 Å². The molecular weight excluding hydrogens is 542 g/mol. The van der Waals surface area contributed by atoms with E-state index in [-0.39, 0.29) is 5.97 Å². The molecule has 0 aromatic heterocycles. The molecule has 0 rings (SSSR count). The highest BCUT2D eigenvalue weighted by atomic mass is 127. The predicted octanol–water partition coefficient (Wildman–Crippen LogP) is 7.06. The molecule has 0 atom stereocenters. The number of carbonyl (C=O) groups is 1. The summed E-state index contributed by atoms with van der Waals surface area (Å²) in [7, 11) is 1.15. The normalized spacial score (nSPS) is 11.0. The average molecular weight is 576 g/mol. The summed E-state index contributed by atoms with van der Waals surface area (Å²) in [5.41, 5.74) is 0. The highest BCUT2D eigenvalue weighted by Crippen LogP contribution is 2.14. The van der Waals surface area contributed by atoms with Gasteiger partial charge < -0.3 is 4.74 Å². The van der Waals surface area contributed by atoms with Gasteiger partial charge in [-0.1, -0.05) is 135 Å². The minimum atomic E-state index is -0.301. The second-order valence-electron chi connectivity index (χ2n) is 6.22. The molecule has 0 amide bonds. The summed E-state index contributed by atoms with van der Waals surface area (Å²) in [4.78, 5) is 10.8. The fourth-order valence-electron chi connectivity index (χ4n) is 2.61. The topological polar surface area (TPSA) is 26.3 Å². The number of ether oxygens (including phenoxy) is 1. The lowest BCUT2D eigenvalue weighted by atomic mass is 10.0. The van der Waals surface area contributed by atoms with E-state index in [0.29, 0.717) is 6.61 Å². The van der Waals surface area contributed by atoms with Gasteiger partial charge in [0.05, 0.1) is 17.7 Å². The van der Waals surface area contributed by atoms with Crippen molar-refractivity contribution in [3.8, 4) is 0 Å². The summed E-state index contributed by atoms with van der Waals surface area (Å²) in [5, 5.41) is 0. The van der Waals surface area contributed by atoms with E-state index in [0.717, 1.165) is 17.5 Å². The van der Waals surface area contributed by atoms with Gasteiger partial charge in [-0.25, -0.2) is 4.79 Å². The van der Waals surface area contributed by atoms with Gasteiger partial charge >= 0.3 is 5.97 Å². The van der Waals surface area contributed by atoms with E-state index < -0.39 is 0 Å². The van der Waals surface area contributed by atoms with Crippen LogP contribution < -0.4 is 0 Å². The number of alkyl halides is 2. The third-order valence-electron chi connectivity index (χ3n) is 4.03. The van der Waals surface area contributed by atoms with Crippen LogP contribution in [0, 0.1) is 0 Å². The number of halogens is 2. The Balaban J connectivity index is 3.03. The summed E-state index contributed by atoms with van der Waals surface area (Å²) in [6, 6.07) is 1.44. The highest BCUT2D eigenvalue weighted by molar-refractivity contribution is 14.2. The second-order valence-corrected chi connectivity index (χ2v) is 14.9. The molecule has 0 saturated heterocycles. The Labute approximate surface area is 179 Å². The van der Waals surface area contributed by atoms with Gasteiger partial charge in [0.25, 0.3) is 0 Å². The molecular formula is C19H34I2O2Si. The molecule has 0 unspecified atom stereocenters. The summed E-state index contributed by atoms with van der Waals surface area (Å²) in [6.07, 6.45) is 18.7. The minimum Gasteiger partial charge on any atom is -0.463 e. The smallest absolute Gasteiger partial charge is 0.330 e. The van der Waals surface area contributed by atoms with Crippen LogP contribution in [0.25, 0.3) is 0 Å². The maximum absolute atomic E-state index is 10.8. The average Bonchev–Trinajstić information content (AvgIpc) is 2.57.